The number of anilines is 1. The molecule has 5 nitrogen and oxygen atoms in total. The van der Waals surface area contributed by atoms with Crippen LogP contribution in [0, 0.1) is 0 Å². The van der Waals surface area contributed by atoms with Crippen molar-refractivity contribution in [2.75, 3.05) is 32.5 Å². The van der Waals surface area contributed by atoms with Crippen LogP contribution in [0.15, 0.2) is 21.2 Å². The highest BCUT2D eigenvalue weighted by molar-refractivity contribution is 9.11. The van der Waals surface area contributed by atoms with Gasteiger partial charge in [0.15, 0.2) is 0 Å². The number of rotatable bonds is 4. The average Bonchev–Trinajstić information content (AvgIpc) is 2.26. The van der Waals surface area contributed by atoms with Crippen molar-refractivity contribution in [1.29, 1.82) is 0 Å². The number of hydrogen-bond donors (Lipinski definition) is 2. The fraction of sp³-hybridized carbons (Fsp3) is 0.400. The summed E-state index contributed by atoms with van der Waals surface area (Å²) in [4.78, 5) is 16.9. The van der Waals surface area contributed by atoms with Gasteiger partial charge in [-0.2, -0.15) is 0 Å². The van der Waals surface area contributed by atoms with Crippen molar-refractivity contribution in [2.45, 2.75) is 0 Å². The third-order valence-corrected chi connectivity index (χ3v) is 2.95. The summed E-state index contributed by atoms with van der Waals surface area (Å²) in [6.07, 6.45) is 1.71. The smallest absolute Gasteiger partial charge is 0.316 e. The van der Waals surface area contributed by atoms with Gasteiger partial charge in [0.25, 0.3) is 0 Å². The summed E-state index contributed by atoms with van der Waals surface area (Å²) in [6.45, 7) is 1.16. The molecule has 0 unspecified atom stereocenters. The molecule has 0 spiro atoms. The molecule has 0 saturated carbocycles. The van der Waals surface area contributed by atoms with E-state index in [-0.39, 0.29) is 6.03 Å². The largest absolute Gasteiger partial charge is 0.367 e. The molecule has 0 aliphatic heterocycles. The Bertz CT molecular complexity index is 398. The lowest BCUT2D eigenvalue weighted by molar-refractivity contribution is 0.218. The average molecular weight is 366 g/mol. The highest BCUT2D eigenvalue weighted by Crippen LogP contribution is 2.22. The monoisotopic (exact) mass is 364 g/mol. The molecule has 0 aliphatic rings. The number of pyridine rings is 1. The summed E-state index contributed by atoms with van der Waals surface area (Å²) in [5.74, 6) is 0.757. The third-order valence-electron chi connectivity index (χ3n) is 1.91. The summed E-state index contributed by atoms with van der Waals surface area (Å²) < 4.78 is 1.79. The molecule has 0 fully saturated rings. The normalized spacial score (nSPS) is 9.88. The molecule has 1 rings (SSSR count). The number of halogens is 2. The molecule has 1 heterocycles. The summed E-state index contributed by atoms with van der Waals surface area (Å²) in [6, 6.07) is 1.81. The minimum atomic E-state index is -0.102. The van der Waals surface area contributed by atoms with Crippen molar-refractivity contribution in [3.05, 3.63) is 21.2 Å². The Labute approximate surface area is 117 Å². The van der Waals surface area contributed by atoms with Crippen molar-refractivity contribution in [2.24, 2.45) is 0 Å². The summed E-state index contributed by atoms with van der Waals surface area (Å²) in [5.41, 5.74) is 0. The minimum absolute atomic E-state index is 0.102. The third kappa shape index (κ3) is 4.91. The molecule has 1 aromatic heterocycles. The zero-order valence-electron chi connectivity index (χ0n) is 9.63. The molecule has 0 saturated heterocycles. The molecule has 0 aliphatic carbocycles. The second kappa shape index (κ2) is 6.80. The molecular formula is C10H14Br2N4O. The van der Waals surface area contributed by atoms with E-state index in [0.717, 1.165) is 14.8 Å². The van der Waals surface area contributed by atoms with Crippen LogP contribution in [0.25, 0.3) is 0 Å². The van der Waals surface area contributed by atoms with E-state index in [2.05, 4.69) is 47.5 Å². The van der Waals surface area contributed by atoms with Gasteiger partial charge in [0.05, 0.1) is 4.47 Å². The Kier molecular flexibility index (Phi) is 5.70. The van der Waals surface area contributed by atoms with Crippen LogP contribution < -0.4 is 10.6 Å². The number of carbonyl (C=O) groups is 1. The van der Waals surface area contributed by atoms with Gasteiger partial charge in [0.1, 0.15) is 5.82 Å². The first-order valence-corrected chi connectivity index (χ1v) is 6.59. The van der Waals surface area contributed by atoms with Crippen molar-refractivity contribution in [3.63, 3.8) is 0 Å². The first-order valence-electron chi connectivity index (χ1n) is 5.01. The maximum atomic E-state index is 11.2. The van der Waals surface area contributed by atoms with E-state index in [9.17, 15) is 4.79 Å². The second-order valence-corrected chi connectivity index (χ2v) is 5.31. The maximum absolute atomic E-state index is 11.2. The van der Waals surface area contributed by atoms with E-state index in [1.807, 2.05) is 6.07 Å². The molecular weight excluding hydrogens is 352 g/mol. The summed E-state index contributed by atoms with van der Waals surface area (Å²) in [5, 5.41) is 5.88. The Hall–Kier alpha value is -0.820. The van der Waals surface area contributed by atoms with E-state index in [1.165, 1.54) is 4.90 Å². The highest BCUT2D eigenvalue weighted by atomic mass is 79.9. The van der Waals surface area contributed by atoms with Crippen molar-refractivity contribution in [3.8, 4) is 0 Å². The topological polar surface area (TPSA) is 57.3 Å². The molecule has 2 N–H and O–H groups in total. The van der Waals surface area contributed by atoms with E-state index in [4.69, 9.17) is 0 Å². The SMILES string of the molecule is CN(C)C(=O)NCCNc1ncc(Br)cc1Br. The van der Waals surface area contributed by atoms with E-state index in [1.54, 1.807) is 20.3 Å². The van der Waals surface area contributed by atoms with Gasteiger partial charge in [0, 0.05) is 37.9 Å². The van der Waals surface area contributed by atoms with Gasteiger partial charge in [-0.3, -0.25) is 0 Å². The fourth-order valence-corrected chi connectivity index (χ4v) is 2.18. The number of nitrogens with zero attached hydrogens (tertiary/aromatic N) is 2. The lowest BCUT2D eigenvalue weighted by Gasteiger charge is -2.12. The lowest BCUT2D eigenvalue weighted by Crippen LogP contribution is -2.37. The van der Waals surface area contributed by atoms with Gasteiger partial charge in [0.2, 0.25) is 0 Å². The molecule has 2 amide bonds. The lowest BCUT2D eigenvalue weighted by atomic mass is 10.4. The molecule has 0 bridgehead atoms. The van der Waals surface area contributed by atoms with E-state index >= 15 is 0 Å². The Morgan fingerprint density at radius 3 is 2.71 bits per heavy atom. The zero-order valence-corrected chi connectivity index (χ0v) is 12.8. The van der Waals surface area contributed by atoms with E-state index < -0.39 is 0 Å². The summed E-state index contributed by atoms with van der Waals surface area (Å²) >= 11 is 6.73. The maximum Gasteiger partial charge on any atom is 0.316 e. The minimum Gasteiger partial charge on any atom is -0.367 e. The predicted octanol–water partition coefficient (Wildman–Crippen LogP) is 2.29. The number of hydrogen-bond acceptors (Lipinski definition) is 3. The van der Waals surface area contributed by atoms with Gasteiger partial charge in [-0.1, -0.05) is 0 Å². The standard InChI is InChI=1S/C10H14Br2N4O/c1-16(2)10(17)14-4-3-13-9-8(12)5-7(11)6-15-9/h5-6H,3-4H2,1-2H3,(H,13,15)(H,14,17). The number of aromatic nitrogens is 1. The Morgan fingerprint density at radius 1 is 1.41 bits per heavy atom. The first-order chi connectivity index (χ1) is 8.00. The molecule has 7 heteroatoms. The fourth-order valence-electron chi connectivity index (χ4n) is 1.05. The van der Waals surface area contributed by atoms with Crippen molar-refractivity contribution >= 4 is 43.7 Å². The van der Waals surface area contributed by atoms with Crippen LogP contribution in [0.2, 0.25) is 0 Å². The van der Waals surface area contributed by atoms with Crippen LogP contribution in [0.5, 0.6) is 0 Å². The molecule has 0 radical (unpaired) electrons. The molecule has 1 aromatic rings. The van der Waals surface area contributed by atoms with Gasteiger partial charge in [-0.05, 0) is 37.9 Å². The van der Waals surface area contributed by atoms with Crippen LogP contribution in [-0.2, 0) is 0 Å². The van der Waals surface area contributed by atoms with E-state index in [0.29, 0.717) is 13.1 Å². The Balaban J connectivity index is 2.34. The highest BCUT2D eigenvalue weighted by Gasteiger charge is 2.03. The van der Waals surface area contributed by atoms with Crippen molar-refractivity contribution < 1.29 is 4.79 Å². The van der Waals surface area contributed by atoms with Crippen LogP contribution in [-0.4, -0.2) is 43.1 Å². The number of nitrogens with one attached hydrogen (secondary N) is 2. The molecule has 17 heavy (non-hydrogen) atoms. The van der Waals surface area contributed by atoms with Crippen LogP contribution >= 0.6 is 31.9 Å². The first kappa shape index (κ1) is 14.2. The van der Waals surface area contributed by atoms with Gasteiger partial charge < -0.3 is 15.5 Å². The number of amides is 2. The second-order valence-electron chi connectivity index (χ2n) is 3.54. The van der Waals surface area contributed by atoms with Crippen molar-refractivity contribution in [1.82, 2.24) is 15.2 Å². The van der Waals surface area contributed by atoms with Gasteiger partial charge in [-0.15, -0.1) is 0 Å². The molecule has 0 aromatic carbocycles. The number of urea groups is 1. The molecule has 94 valence electrons. The predicted molar refractivity (Wildman–Crippen MR) is 75.2 cm³/mol. The van der Waals surface area contributed by atoms with Crippen LogP contribution in [0.1, 0.15) is 0 Å². The quantitative estimate of drug-likeness (QED) is 0.805. The van der Waals surface area contributed by atoms with Gasteiger partial charge in [-0.25, -0.2) is 9.78 Å². The van der Waals surface area contributed by atoms with Crippen LogP contribution in [0.4, 0.5) is 10.6 Å². The van der Waals surface area contributed by atoms with Gasteiger partial charge >= 0.3 is 6.03 Å². The Morgan fingerprint density at radius 2 is 2.12 bits per heavy atom. The summed E-state index contributed by atoms with van der Waals surface area (Å²) in [7, 11) is 3.41. The zero-order chi connectivity index (χ0) is 12.8. The molecule has 0 atom stereocenters. The number of carbonyl (C=O) groups excluding carboxylic acids is 1. The van der Waals surface area contributed by atoms with Crippen LogP contribution in [0.3, 0.4) is 0 Å².